The Balaban J connectivity index is 0.000000360. The van der Waals surface area contributed by atoms with Gasteiger partial charge in [-0.15, -0.1) is 0 Å². The molecule has 0 unspecified atom stereocenters. The number of nitrogens with one attached hydrogen (secondary N) is 1. The van der Waals surface area contributed by atoms with E-state index in [0.29, 0.717) is 0 Å². The summed E-state index contributed by atoms with van der Waals surface area (Å²) in [5.41, 5.74) is 0. The molecule has 0 spiro atoms. The molecule has 0 aliphatic carbocycles. The second-order valence-electron chi connectivity index (χ2n) is 0.707. The van der Waals surface area contributed by atoms with Gasteiger partial charge >= 0.3 is 51.4 Å². The quantitative estimate of drug-likeness (QED) is 0.285. The summed E-state index contributed by atoms with van der Waals surface area (Å²) >= 11 is 0. The number of nitrogens with zero attached hydrogens (tertiary/aromatic N) is 1. The van der Waals surface area contributed by atoms with Gasteiger partial charge in [0.2, 0.25) is 0 Å². The number of aromatic amines is 1. The molecule has 1 rings (SSSR count). The van der Waals surface area contributed by atoms with Gasteiger partial charge in [0, 0.05) is 0 Å². The van der Waals surface area contributed by atoms with Crippen molar-refractivity contribution < 1.29 is 55.9 Å². The van der Waals surface area contributed by atoms with Crippen LogP contribution in [0, 0.1) is 6.33 Å². The Hall–Kier alpha value is 0.576. The summed E-state index contributed by atoms with van der Waals surface area (Å²) < 4.78 is 3.92. The summed E-state index contributed by atoms with van der Waals surface area (Å²) in [5, 5.41) is 2.95. The number of rotatable bonds is 0. The van der Waals surface area contributed by atoms with Crippen molar-refractivity contribution in [3.8, 4) is 0 Å². The van der Waals surface area contributed by atoms with Crippen molar-refractivity contribution >= 4 is 0 Å². The average Bonchev–Trinajstić information content (AvgIpc) is 1.86. The minimum Gasteiger partial charge on any atom is -0.442 e. The largest absolute Gasteiger partial charge is 1.00 e. The maximum absolute atomic E-state index is 9.75. The van der Waals surface area contributed by atoms with Gasteiger partial charge in [0.1, 0.15) is 0 Å². The molecule has 0 saturated heterocycles. The van der Waals surface area contributed by atoms with E-state index in [4.69, 9.17) is 0 Å². The minimum absolute atomic E-state index is 0. The van der Waals surface area contributed by atoms with Gasteiger partial charge in [0.05, 0.1) is 0 Å². The topological polar surface area (TPSA) is 58.9 Å². The van der Waals surface area contributed by atoms with E-state index in [1.807, 2.05) is 4.98 Å². The molecule has 0 fully saturated rings. The van der Waals surface area contributed by atoms with Crippen molar-refractivity contribution in [3.63, 3.8) is 0 Å². The first-order chi connectivity index (χ1) is 2.89. The van der Waals surface area contributed by atoms with Crippen molar-refractivity contribution in [1.82, 2.24) is 10.1 Å². The second kappa shape index (κ2) is 3.56. The van der Waals surface area contributed by atoms with Gasteiger partial charge in [-0.05, 0) is 6.33 Å². The van der Waals surface area contributed by atoms with Crippen LogP contribution in [0.1, 0.15) is 0 Å². The molecule has 0 aliphatic rings. The van der Waals surface area contributed by atoms with E-state index in [9.17, 15) is 4.79 Å². The van der Waals surface area contributed by atoms with Gasteiger partial charge in [-0.3, -0.25) is 0 Å². The van der Waals surface area contributed by atoms with Gasteiger partial charge < -0.3 is 14.3 Å². The average molecular weight is 124 g/mol. The fraction of sp³-hybridized carbons (Fsp3) is 0. The van der Waals surface area contributed by atoms with Crippen molar-refractivity contribution in [1.29, 1.82) is 0 Å². The predicted octanol–water partition coefficient (Wildman–Crippen LogP) is -3.83. The van der Waals surface area contributed by atoms with Gasteiger partial charge in [0.15, 0.2) is 0 Å². The van der Waals surface area contributed by atoms with Crippen LogP contribution in [-0.4, -0.2) is 10.1 Å². The van der Waals surface area contributed by atoms with Crippen LogP contribution < -0.4 is 57.1 Å². The Kier molecular flexibility index (Phi) is 3.86. The van der Waals surface area contributed by atoms with Gasteiger partial charge in [-0.25, -0.2) is 0 Å². The zero-order valence-corrected chi connectivity index (χ0v) is 6.89. The standard InChI is InChI=1S/C2HN2O2.K/c5-2-3-1-4-6-2;/h(H,3,4,5);/q-1;+1. The molecule has 7 heavy (non-hydrogen) atoms. The second-order valence-corrected chi connectivity index (χ2v) is 0.707. The summed E-state index contributed by atoms with van der Waals surface area (Å²) in [6.07, 6.45) is 2.08. The van der Waals surface area contributed by atoms with E-state index in [0.717, 1.165) is 0 Å². The van der Waals surface area contributed by atoms with Crippen LogP contribution in [0.3, 0.4) is 0 Å². The molecule has 5 heteroatoms. The molecule has 32 valence electrons. The van der Waals surface area contributed by atoms with Crippen molar-refractivity contribution in [2.75, 3.05) is 0 Å². The summed E-state index contributed by atoms with van der Waals surface area (Å²) in [4.78, 5) is 11.8. The fourth-order valence-electron chi connectivity index (χ4n) is 0.156. The van der Waals surface area contributed by atoms with Gasteiger partial charge in [-0.2, -0.15) is 5.16 Å². The smallest absolute Gasteiger partial charge is 0.442 e. The SMILES string of the molecule is O=c1[nH][c-]no1.[K+]. The Morgan fingerprint density at radius 1 is 1.86 bits per heavy atom. The molecule has 1 aromatic rings. The molecule has 0 aliphatic heterocycles. The first-order valence-corrected chi connectivity index (χ1v) is 1.31. The molecule has 0 aromatic carbocycles. The zero-order valence-electron chi connectivity index (χ0n) is 3.76. The Morgan fingerprint density at radius 3 is 2.71 bits per heavy atom. The number of H-pyrrole nitrogens is 1. The van der Waals surface area contributed by atoms with Crippen molar-refractivity contribution in [2.45, 2.75) is 0 Å². The normalized spacial score (nSPS) is 7.43. The van der Waals surface area contributed by atoms with Crippen LogP contribution in [0.15, 0.2) is 9.32 Å². The molecule has 0 bridgehead atoms. The molecule has 1 heterocycles. The molecule has 4 nitrogen and oxygen atoms in total. The van der Waals surface area contributed by atoms with Crippen LogP contribution in [0.5, 0.6) is 0 Å². The Bertz CT molecular complexity index is 151. The van der Waals surface area contributed by atoms with E-state index < -0.39 is 5.76 Å². The van der Waals surface area contributed by atoms with E-state index in [1.165, 1.54) is 0 Å². The predicted molar refractivity (Wildman–Crippen MR) is 16.0 cm³/mol. The van der Waals surface area contributed by atoms with Crippen LogP contribution in [0.2, 0.25) is 0 Å². The fourth-order valence-corrected chi connectivity index (χ4v) is 0.156. The van der Waals surface area contributed by atoms with E-state index in [-0.39, 0.29) is 51.4 Å². The molecule has 1 aromatic heterocycles. The van der Waals surface area contributed by atoms with Crippen LogP contribution in [-0.2, 0) is 0 Å². The van der Waals surface area contributed by atoms with E-state index in [2.05, 4.69) is 16.0 Å². The zero-order chi connectivity index (χ0) is 4.41. The minimum atomic E-state index is -0.574. The first kappa shape index (κ1) is 7.58. The van der Waals surface area contributed by atoms with E-state index in [1.54, 1.807) is 0 Å². The maximum atomic E-state index is 9.75. The van der Waals surface area contributed by atoms with Crippen LogP contribution in [0.25, 0.3) is 0 Å². The van der Waals surface area contributed by atoms with Crippen LogP contribution in [0.4, 0.5) is 0 Å². The molecular formula is C2HKN2O2. The summed E-state index contributed by atoms with van der Waals surface area (Å²) in [6.45, 7) is 0. The summed E-state index contributed by atoms with van der Waals surface area (Å²) in [5.74, 6) is -0.574. The van der Waals surface area contributed by atoms with Crippen molar-refractivity contribution in [2.24, 2.45) is 0 Å². The molecule has 0 atom stereocenters. The monoisotopic (exact) mass is 124 g/mol. The number of hydrogen-bond acceptors (Lipinski definition) is 3. The number of hydrogen-bond donors (Lipinski definition) is 1. The summed E-state index contributed by atoms with van der Waals surface area (Å²) in [7, 11) is 0. The molecule has 0 amide bonds. The Morgan fingerprint density at radius 2 is 2.57 bits per heavy atom. The molecule has 1 N–H and O–H groups in total. The first-order valence-electron chi connectivity index (χ1n) is 1.31. The third kappa shape index (κ3) is 2.40. The van der Waals surface area contributed by atoms with Gasteiger partial charge in [-0.1, -0.05) is 0 Å². The number of aromatic nitrogens is 2. The maximum Gasteiger partial charge on any atom is 1.00 e. The Labute approximate surface area is 81.7 Å². The third-order valence-corrected chi connectivity index (χ3v) is 0.332. The molecular weight excluding hydrogens is 123 g/mol. The van der Waals surface area contributed by atoms with E-state index >= 15 is 0 Å². The summed E-state index contributed by atoms with van der Waals surface area (Å²) in [6, 6.07) is 0. The third-order valence-electron chi connectivity index (χ3n) is 0.332. The molecule has 0 radical (unpaired) electrons. The van der Waals surface area contributed by atoms with Crippen molar-refractivity contribution in [3.05, 3.63) is 16.9 Å². The van der Waals surface area contributed by atoms with Crippen LogP contribution >= 0.6 is 0 Å². The van der Waals surface area contributed by atoms with Gasteiger partial charge in [0.25, 0.3) is 5.76 Å². The molecule has 0 saturated carbocycles.